The highest BCUT2D eigenvalue weighted by atomic mass is 32.2. The van der Waals surface area contributed by atoms with Crippen LogP contribution in [0.4, 0.5) is 0 Å². The Kier molecular flexibility index (Phi) is 6.20. The van der Waals surface area contributed by atoms with Crippen molar-refractivity contribution < 1.29 is 22.7 Å². The number of carbonyl (C=O) groups is 2. The first-order chi connectivity index (χ1) is 12.1. The second-order valence-electron chi connectivity index (χ2n) is 6.61. The predicted octanol–water partition coefficient (Wildman–Crippen LogP) is 0.737. The van der Waals surface area contributed by atoms with Crippen molar-refractivity contribution in [2.24, 2.45) is 5.73 Å². The lowest BCUT2D eigenvalue weighted by atomic mass is 10.1. The van der Waals surface area contributed by atoms with Gasteiger partial charge in [0.2, 0.25) is 11.8 Å². The maximum absolute atomic E-state index is 13.0. The van der Waals surface area contributed by atoms with Crippen LogP contribution in [0.1, 0.15) is 25.0 Å². The number of nitrogens with two attached hydrogens (primary N) is 1. The van der Waals surface area contributed by atoms with Crippen molar-refractivity contribution >= 4 is 27.7 Å². The van der Waals surface area contributed by atoms with Crippen LogP contribution in [0.15, 0.2) is 30.3 Å². The number of morpholine rings is 1. The van der Waals surface area contributed by atoms with E-state index in [1.165, 1.54) is 30.9 Å². The molecule has 1 aliphatic heterocycles. The Morgan fingerprint density at radius 2 is 1.85 bits per heavy atom. The van der Waals surface area contributed by atoms with Crippen LogP contribution in [-0.4, -0.2) is 56.2 Å². The molecular formula is C18H24N2O5S. The van der Waals surface area contributed by atoms with E-state index in [9.17, 15) is 18.0 Å². The van der Waals surface area contributed by atoms with Crippen molar-refractivity contribution in [3.05, 3.63) is 41.5 Å². The van der Waals surface area contributed by atoms with Crippen LogP contribution in [-0.2, 0) is 29.9 Å². The molecule has 0 unspecified atom stereocenters. The normalized spacial score (nSPS) is 16.0. The zero-order valence-corrected chi connectivity index (χ0v) is 15.8. The Labute approximate surface area is 153 Å². The molecule has 7 nitrogen and oxygen atoms in total. The van der Waals surface area contributed by atoms with Crippen molar-refractivity contribution in [3.63, 3.8) is 0 Å². The molecule has 0 saturated carbocycles. The Hall–Kier alpha value is -2.19. The third-order valence-corrected chi connectivity index (χ3v) is 6.84. The lowest BCUT2D eigenvalue weighted by molar-refractivity contribution is -0.137. The first kappa shape index (κ1) is 20.1. The molecule has 0 atom stereocenters. The van der Waals surface area contributed by atoms with Gasteiger partial charge in [0.25, 0.3) is 0 Å². The SMILES string of the molecule is CC(C)(C(=O)N1CCOCC1)S(=O)(=O)Cc1ccccc1/C=C/C(N)=O. The van der Waals surface area contributed by atoms with Crippen LogP contribution in [0.3, 0.4) is 0 Å². The van der Waals surface area contributed by atoms with Gasteiger partial charge in [-0.3, -0.25) is 9.59 Å². The summed E-state index contributed by atoms with van der Waals surface area (Å²) in [7, 11) is -3.80. The summed E-state index contributed by atoms with van der Waals surface area (Å²) in [6.07, 6.45) is 2.65. The van der Waals surface area contributed by atoms with Gasteiger partial charge >= 0.3 is 0 Å². The Bertz CT molecular complexity index is 809. The van der Waals surface area contributed by atoms with Crippen LogP contribution in [0.25, 0.3) is 6.08 Å². The van der Waals surface area contributed by atoms with E-state index >= 15 is 0 Å². The average Bonchev–Trinajstić information content (AvgIpc) is 2.60. The average molecular weight is 380 g/mol. The maximum Gasteiger partial charge on any atom is 0.243 e. The molecule has 1 aromatic rings. The zero-order chi connectivity index (χ0) is 19.4. The molecule has 2 amide bonds. The molecule has 0 aromatic heterocycles. The molecule has 2 N–H and O–H groups in total. The number of amides is 2. The van der Waals surface area contributed by atoms with Gasteiger partial charge in [-0.2, -0.15) is 0 Å². The molecule has 8 heteroatoms. The summed E-state index contributed by atoms with van der Waals surface area (Å²) in [5, 5.41) is 0. The Balaban J connectivity index is 2.27. The number of ether oxygens (including phenoxy) is 1. The van der Waals surface area contributed by atoms with Crippen molar-refractivity contribution in [2.45, 2.75) is 24.3 Å². The predicted molar refractivity (Wildman–Crippen MR) is 98.8 cm³/mol. The van der Waals surface area contributed by atoms with Gasteiger partial charge in [-0.1, -0.05) is 24.3 Å². The molecule has 1 aromatic carbocycles. The largest absolute Gasteiger partial charge is 0.378 e. The summed E-state index contributed by atoms with van der Waals surface area (Å²) in [6.45, 7) is 4.45. The molecular weight excluding hydrogens is 356 g/mol. The van der Waals surface area contributed by atoms with Crippen LogP contribution in [0.2, 0.25) is 0 Å². The van der Waals surface area contributed by atoms with Gasteiger partial charge in [-0.05, 0) is 31.1 Å². The second kappa shape index (κ2) is 8.01. The second-order valence-corrected chi connectivity index (χ2v) is 9.15. The number of primary amides is 1. The molecule has 142 valence electrons. The minimum absolute atomic E-state index is 0.310. The van der Waals surface area contributed by atoms with E-state index in [0.29, 0.717) is 37.4 Å². The molecule has 1 saturated heterocycles. The van der Waals surface area contributed by atoms with Gasteiger partial charge < -0.3 is 15.4 Å². The van der Waals surface area contributed by atoms with E-state index in [-0.39, 0.29) is 5.75 Å². The summed E-state index contributed by atoms with van der Waals surface area (Å²) in [4.78, 5) is 25.2. The topological polar surface area (TPSA) is 107 Å². The van der Waals surface area contributed by atoms with Gasteiger partial charge in [0, 0.05) is 19.2 Å². The number of hydrogen-bond donors (Lipinski definition) is 1. The summed E-state index contributed by atoms with van der Waals surface area (Å²) in [5.74, 6) is -1.36. The highest BCUT2D eigenvalue weighted by molar-refractivity contribution is 7.92. The molecule has 0 aliphatic carbocycles. The molecule has 1 heterocycles. The lowest BCUT2D eigenvalue weighted by Gasteiger charge is -2.34. The van der Waals surface area contributed by atoms with Crippen molar-refractivity contribution in [1.29, 1.82) is 0 Å². The van der Waals surface area contributed by atoms with Crippen molar-refractivity contribution in [1.82, 2.24) is 4.90 Å². The molecule has 1 aliphatic rings. The van der Waals surface area contributed by atoms with E-state index in [1.54, 1.807) is 24.3 Å². The van der Waals surface area contributed by atoms with Gasteiger partial charge in [0.1, 0.15) is 4.75 Å². The van der Waals surface area contributed by atoms with E-state index in [0.717, 1.165) is 0 Å². The van der Waals surface area contributed by atoms with Crippen molar-refractivity contribution in [3.8, 4) is 0 Å². The first-order valence-electron chi connectivity index (χ1n) is 8.30. The smallest absolute Gasteiger partial charge is 0.243 e. The number of rotatable bonds is 6. The zero-order valence-electron chi connectivity index (χ0n) is 15.0. The van der Waals surface area contributed by atoms with E-state index in [2.05, 4.69) is 0 Å². The summed E-state index contributed by atoms with van der Waals surface area (Å²) >= 11 is 0. The van der Waals surface area contributed by atoms with Crippen LogP contribution in [0.5, 0.6) is 0 Å². The fraction of sp³-hybridized carbons (Fsp3) is 0.444. The molecule has 0 spiro atoms. The lowest BCUT2D eigenvalue weighted by Crippen LogP contribution is -2.53. The minimum atomic E-state index is -3.80. The Morgan fingerprint density at radius 1 is 1.23 bits per heavy atom. The number of benzene rings is 1. The highest BCUT2D eigenvalue weighted by Gasteiger charge is 2.44. The number of hydrogen-bond acceptors (Lipinski definition) is 5. The van der Waals surface area contributed by atoms with Gasteiger partial charge in [-0.15, -0.1) is 0 Å². The van der Waals surface area contributed by atoms with Gasteiger partial charge in [0.15, 0.2) is 9.84 Å². The number of nitrogens with zero attached hydrogens (tertiary/aromatic N) is 1. The first-order valence-corrected chi connectivity index (χ1v) is 9.95. The summed E-state index contributed by atoms with van der Waals surface area (Å²) in [6, 6.07) is 6.80. The fourth-order valence-corrected chi connectivity index (χ4v) is 4.09. The third kappa shape index (κ3) is 4.50. The quantitative estimate of drug-likeness (QED) is 0.733. The monoisotopic (exact) mass is 380 g/mol. The van der Waals surface area contributed by atoms with Gasteiger partial charge in [-0.25, -0.2) is 8.42 Å². The Morgan fingerprint density at radius 3 is 2.46 bits per heavy atom. The molecule has 2 rings (SSSR count). The van der Waals surface area contributed by atoms with E-state index in [4.69, 9.17) is 10.5 Å². The third-order valence-electron chi connectivity index (χ3n) is 4.42. The minimum Gasteiger partial charge on any atom is -0.378 e. The van der Waals surface area contributed by atoms with Crippen LogP contribution < -0.4 is 5.73 Å². The molecule has 0 radical (unpaired) electrons. The maximum atomic E-state index is 13.0. The standard InChI is InChI=1S/C18H24N2O5S/c1-18(2,17(22)20-9-11-25-12-10-20)26(23,24)13-15-6-4-3-5-14(15)7-8-16(19)21/h3-8H,9-13H2,1-2H3,(H2,19,21)/b8-7+. The fourth-order valence-electron chi connectivity index (χ4n) is 2.67. The molecule has 0 bridgehead atoms. The summed E-state index contributed by atoms with van der Waals surface area (Å²) in [5.41, 5.74) is 6.19. The van der Waals surface area contributed by atoms with E-state index in [1.807, 2.05) is 0 Å². The van der Waals surface area contributed by atoms with Gasteiger partial charge in [0.05, 0.1) is 19.0 Å². The summed E-state index contributed by atoms with van der Waals surface area (Å²) < 4.78 is 29.7. The molecule has 26 heavy (non-hydrogen) atoms. The number of sulfone groups is 1. The van der Waals surface area contributed by atoms with Crippen LogP contribution >= 0.6 is 0 Å². The highest BCUT2D eigenvalue weighted by Crippen LogP contribution is 2.26. The van der Waals surface area contributed by atoms with Crippen LogP contribution in [0, 0.1) is 0 Å². The number of carbonyl (C=O) groups excluding carboxylic acids is 2. The van der Waals surface area contributed by atoms with Crippen molar-refractivity contribution in [2.75, 3.05) is 26.3 Å². The molecule has 1 fully saturated rings. The van der Waals surface area contributed by atoms with E-state index < -0.39 is 26.4 Å².